The van der Waals surface area contributed by atoms with Crippen molar-refractivity contribution in [1.29, 1.82) is 0 Å². The van der Waals surface area contributed by atoms with Crippen LogP contribution in [-0.4, -0.2) is 6.54 Å². The maximum absolute atomic E-state index is 3.59. The first-order valence-electron chi connectivity index (χ1n) is 6.41. The van der Waals surface area contributed by atoms with E-state index in [-0.39, 0.29) is 0 Å². The molecule has 18 heavy (non-hydrogen) atoms. The molecule has 1 aliphatic carbocycles. The summed E-state index contributed by atoms with van der Waals surface area (Å²) in [5.74, 6) is 0.781. The molecule has 100 valence electrons. The fourth-order valence-electron chi connectivity index (χ4n) is 2.85. The zero-order valence-electron chi connectivity index (χ0n) is 11.5. The fraction of sp³-hybridized carbons (Fsp3) is 0.600. The molecule has 1 saturated carbocycles. The molecule has 0 saturated heterocycles. The van der Waals surface area contributed by atoms with E-state index in [2.05, 4.69) is 83.1 Å². The third-order valence-electron chi connectivity index (χ3n) is 4.98. The largest absolute Gasteiger partial charge is 0.312 e. The van der Waals surface area contributed by atoms with E-state index in [9.17, 15) is 0 Å². The highest BCUT2D eigenvalue weighted by atomic mass is 79.9. The lowest BCUT2D eigenvalue weighted by molar-refractivity contribution is 0.457. The van der Waals surface area contributed by atoms with E-state index in [1.54, 1.807) is 0 Å². The van der Waals surface area contributed by atoms with Crippen molar-refractivity contribution in [3.63, 3.8) is 0 Å². The van der Waals surface area contributed by atoms with Crippen molar-refractivity contribution in [2.75, 3.05) is 6.54 Å². The van der Waals surface area contributed by atoms with Gasteiger partial charge in [0.1, 0.15) is 0 Å². The van der Waals surface area contributed by atoms with Crippen molar-refractivity contribution in [2.24, 2.45) is 16.7 Å². The SMILES string of the molecule is CC1(C)C(CNCc2ccc(Br)c(Br)c2)C1(C)C. The maximum atomic E-state index is 3.59. The standard InChI is InChI=1S/C15H21Br2N/c1-14(2)13(15(14,3)4)9-18-8-10-5-6-11(16)12(17)7-10/h5-7,13,18H,8-9H2,1-4H3. The highest BCUT2D eigenvalue weighted by Gasteiger charge is 2.63. The Hall–Kier alpha value is 0.140. The molecule has 0 radical (unpaired) electrons. The predicted molar refractivity (Wildman–Crippen MR) is 84.6 cm³/mol. The van der Waals surface area contributed by atoms with Gasteiger partial charge in [-0.1, -0.05) is 33.8 Å². The zero-order valence-corrected chi connectivity index (χ0v) is 14.7. The Balaban J connectivity index is 1.85. The van der Waals surface area contributed by atoms with Crippen molar-refractivity contribution < 1.29 is 0 Å². The van der Waals surface area contributed by atoms with Gasteiger partial charge in [-0.25, -0.2) is 0 Å². The van der Waals surface area contributed by atoms with Crippen molar-refractivity contribution >= 4 is 31.9 Å². The van der Waals surface area contributed by atoms with Crippen LogP contribution in [-0.2, 0) is 6.54 Å². The lowest BCUT2D eigenvalue weighted by Gasteiger charge is -2.07. The molecular formula is C15H21Br2N. The summed E-state index contributed by atoms with van der Waals surface area (Å²) >= 11 is 7.03. The van der Waals surface area contributed by atoms with Crippen molar-refractivity contribution in [2.45, 2.75) is 34.2 Å². The van der Waals surface area contributed by atoms with E-state index < -0.39 is 0 Å². The second kappa shape index (κ2) is 4.92. The van der Waals surface area contributed by atoms with Crippen LogP contribution in [0.2, 0.25) is 0 Å². The molecule has 1 fully saturated rings. The summed E-state index contributed by atoms with van der Waals surface area (Å²) in [7, 11) is 0. The molecular weight excluding hydrogens is 354 g/mol. The van der Waals surface area contributed by atoms with E-state index >= 15 is 0 Å². The van der Waals surface area contributed by atoms with Gasteiger partial charge in [0.25, 0.3) is 0 Å². The summed E-state index contributed by atoms with van der Waals surface area (Å²) in [4.78, 5) is 0. The molecule has 0 unspecified atom stereocenters. The number of benzene rings is 1. The second-order valence-corrected chi connectivity index (χ2v) is 8.08. The first-order chi connectivity index (χ1) is 8.26. The molecule has 1 aromatic carbocycles. The minimum absolute atomic E-state index is 0.473. The molecule has 0 amide bonds. The van der Waals surface area contributed by atoms with E-state index in [0.29, 0.717) is 10.8 Å². The lowest BCUT2D eigenvalue weighted by Crippen LogP contribution is -2.18. The van der Waals surface area contributed by atoms with Gasteiger partial charge >= 0.3 is 0 Å². The predicted octanol–water partition coefficient (Wildman–Crippen LogP) is 4.98. The molecule has 1 aliphatic rings. The van der Waals surface area contributed by atoms with Crippen LogP contribution >= 0.6 is 31.9 Å². The Morgan fingerprint density at radius 3 is 2.17 bits per heavy atom. The first-order valence-corrected chi connectivity index (χ1v) is 8.00. The molecule has 1 nitrogen and oxygen atoms in total. The van der Waals surface area contributed by atoms with Crippen LogP contribution in [0, 0.1) is 16.7 Å². The number of hydrogen-bond acceptors (Lipinski definition) is 1. The second-order valence-electron chi connectivity index (χ2n) is 6.38. The molecule has 0 atom stereocenters. The lowest BCUT2D eigenvalue weighted by atomic mass is 10.0. The van der Waals surface area contributed by atoms with Crippen molar-refractivity contribution in [3.05, 3.63) is 32.7 Å². The Bertz CT molecular complexity index is 438. The van der Waals surface area contributed by atoms with Crippen LogP contribution < -0.4 is 5.32 Å². The summed E-state index contributed by atoms with van der Waals surface area (Å²) in [6.07, 6.45) is 0. The number of rotatable bonds is 4. The van der Waals surface area contributed by atoms with E-state index in [4.69, 9.17) is 0 Å². The fourth-order valence-corrected chi connectivity index (χ4v) is 3.53. The maximum Gasteiger partial charge on any atom is 0.0320 e. The average molecular weight is 375 g/mol. The van der Waals surface area contributed by atoms with Crippen LogP contribution in [0.25, 0.3) is 0 Å². The summed E-state index contributed by atoms with van der Waals surface area (Å²) in [6, 6.07) is 6.41. The van der Waals surface area contributed by atoms with Crippen LogP contribution in [0.3, 0.4) is 0 Å². The summed E-state index contributed by atoms with van der Waals surface area (Å²) in [6.45, 7) is 11.5. The van der Waals surface area contributed by atoms with Gasteiger partial charge in [-0.3, -0.25) is 0 Å². The minimum atomic E-state index is 0.473. The van der Waals surface area contributed by atoms with Crippen LogP contribution in [0.1, 0.15) is 33.3 Å². The van der Waals surface area contributed by atoms with E-state index in [1.807, 2.05) is 0 Å². The molecule has 3 heteroatoms. The number of nitrogens with one attached hydrogen (secondary N) is 1. The van der Waals surface area contributed by atoms with Gasteiger partial charge in [-0.2, -0.15) is 0 Å². The Morgan fingerprint density at radius 1 is 1.06 bits per heavy atom. The van der Waals surface area contributed by atoms with Gasteiger partial charge in [0, 0.05) is 15.5 Å². The van der Waals surface area contributed by atoms with E-state index in [0.717, 1.165) is 28.0 Å². The first kappa shape index (κ1) is 14.5. The van der Waals surface area contributed by atoms with Gasteiger partial charge in [-0.15, -0.1) is 0 Å². The summed E-state index contributed by atoms with van der Waals surface area (Å²) < 4.78 is 2.23. The van der Waals surface area contributed by atoms with Gasteiger partial charge in [0.05, 0.1) is 0 Å². The molecule has 2 rings (SSSR count). The molecule has 0 heterocycles. The van der Waals surface area contributed by atoms with Gasteiger partial charge in [0.2, 0.25) is 0 Å². The van der Waals surface area contributed by atoms with Crippen LogP contribution in [0.15, 0.2) is 27.1 Å². The minimum Gasteiger partial charge on any atom is -0.312 e. The van der Waals surface area contributed by atoms with Gasteiger partial charge < -0.3 is 5.32 Å². The number of hydrogen-bond donors (Lipinski definition) is 1. The Labute approximate surface area is 127 Å². The van der Waals surface area contributed by atoms with Crippen molar-refractivity contribution in [3.8, 4) is 0 Å². The average Bonchev–Trinajstić information content (AvgIpc) is 2.65. The normalized spacial score (nSPS) is 21.0. The third-order valence-corrected chi connectivity index (χ3v) is 6.86. The molecule has 0 spiro atoms. The van der Waals surface area contributed by atoms with Gasteiger partial charge in [-0.05, 0) is 72.8 Å². The Morgan fingerprint density at radius 2 is 1.67 bits per heavy atom. The third kappa shape index (κ3) is 2.54. The molecule has 1 N–H and O–H groups in total. The van der Waals surface area contributed by atoms with Crippen LogP contribution in [0.5, 0.6) is 0 Å². The zero-order chi connectivity index (χ0) is 13.6. The topological polar surface area (TPSA) is 12.0 Å². The highest BCUT2D eigenvalue weighted by molar-refractivity contribution is 9.13. The summed E-state index contributed by atoms with van der Waals surface area (Å²) in [5.41, 5.74) is 2.27. The van der Waals surface area contributed by atoms with Crippen molar-refractivity contribution in [1.82, 2.24) is 5.32 Å². The van der Waals surface area contributed by atoms with Crippen LogP contribution in [0.4, 0.5) is 0 Å². The molecule has 1 aromatic rings. The molecule has 0 bridgehead atoms. The summed E-state index contributed by atoms with van der Waals surface area (Å²) in [5, 5.41) is 3.59. The number of halogens is 2. The quantitative estimate of drug-likeness (QED) is 0.783. The highest BCUT2D eigenvalue weighted by Crippen LogP contribution is 2.67. The Kier molecular flexibility index (Phi) is 3.97. The van der Waals surface area contributed by atoms with E-state index in [1.165, 1.54) is 5.56 Å². The smallest absolute Gasteiger partial charge is 0.0320 e. The monoisotopic (exact) mass is 373 g/mol. The van der Waals surface area contributed by atoms with Gasteiger partial charge in [0.15, 0.2) is 0 Å². The molecule has 0 aliphatic heterocycles. The molecule has 0 aromatic heterocycles.